The number of anilines is 1. The lowest BCUT2D eigenvalue weighted by molar-refractivity contribution is -0.417. The van der Waals surface area contributed by atoms with Gasteiger partial charge in [-0.05, 0) is 48.9 Å². The van der Waals surface area contributed by atoms with Gasteiger partial charge in [0.2, 0.25) is 6.79 Å². The van der Waals surface area contributed by atoms with Gasteiger partial charge in [-0.15, -0.1) is 4.90 Å². The van der Waals surface area contributed by atoms with E-state index in [0.29, 0.717) is 34.2 Å². The number of nitrogens with zero attached hydrogens (tertiary/aromatic N) is 2. The van der Waals surface area contributed by atoms with Gasteiger partial charge in [-0.2, -0.15) is 9.37 Å². The second kappa shape index (κ2) is 8.53. The Bertz CT molecular complexity index is 1450. The highest BCUT2D eigenvalue weighted by Crippen LogP contribution is 2.34. The van der Waals surface area contributed by atoms with Gasteiger partial charge in [-0.3, -0.25) is 4.79 Å². The zero-order valence-corrected chi connectivity index (χ0v) is 19.4. The van der Waals surface area contributed by atoms with E-state index in [0.717, 1.165) is 16.0 Å². The lowest BCUT2D eigenvalue weighted by Gasteiger charge is -2.24. The molecule has 1 N–H and O–H groups in total. The number of nitrogens with one attached hydrogen (secondary N) is 1. The molecule has 36 heavy (non-hydrogen) atoms. The van der Waals surface area contributed by atoms with Crippen LogP contribution in [0.15, 0.2) is 66.7 Å². The maximum atomic E-state index is 13.7. The van der Waals surface area contributed by atoms with Crippen LogP contribution < -0.4 is 24.4 Å². The fraction of sp³-hybridized carbons (Fsp3) is 0.185. The van der Waals surface area contributed by atoms with E-state index in [1.807, 2.05) is 25.1 Å². The number of carbonyl (C=O) groups is 3. The Labute approximate surface area is 206 Å². The molecule has 3 aromatic carbocycles. The maximum Gasteiger partial charge on any atom is 0.506 e. The lowest BCUT2D eigenvalue weighted by atomic mass is 10.0. The summed E-state index contributed by atoms with van der Waals surface area (Å²) in [6.45, 7) is 2.05. The van der Waals surface area contributed by atoms with Crippen molar-refractivity contribution in [1.82, 2.24) is 5.32 Å². The maximum absolute atomic E-state index is 13.7. The van der Waals surface area contributed by atoms with Crippen molar-refractivity contribution in [2.24, 2.45) is 0 Å². The van der Waals surface area contributed by atoms with Crippen molar-refractivity contribution >= 4 is 29.2 Å². The molecule has 4 amide bonds. The number of amides is 4. The van der Waals surface area contributed by atoms with Gasteiger partial charge in [0.1, 0.15) is 11.4 Å². The summed E-state index contributed by atoms with van der Waals surface area (Å²) < 4.78 is 18.0. The molecule has 0 bridgehead atoms. The number of hydrogen-bond acceptors (Lipinski definition) is 6. The Balaban J connectivity index is 1.30. The molecule has 3 aliphatic rings. The van der Waals surface area contributed by atoms with Crippen LogP contribution in [-0.2, 0) is 16.1 Å². The molecule has 0 saturated heterocycles. The van der Waals surface area contributed by atoms with E-state index in [1.54, 1.807) is 48.5 Å². The van der Waals surface area contributed by atoms with Crippen molar-refractivity contribution in [3.63, 3.8) is 0 Å². The van der Waals surface area contributed by atoms with E-state index in [-0.39, 0.29) is 25.8 Å². The molecule has 180 valence electrons. The summed E-state index contributed by atoms with van der Waals surface area (Å²) >= 11 is 0. The largest absolute Gasteiger partial charge is 0.506 e. The van der Waals surface area contributed by atoms with Gasteiger partial charge in [0.15, 0.2) is 23.8 Å². The molecule has 0 saturated carbocycles. The molecular weight excluding hydrogens is 462 g/mol. The van der Waals surface area contributed by atoms with Crippen LogP contribution in [0.5, 0.6) is 17.2 Å². The van der Waals surface area contributed by atoms with Gasteiger partial charge in [0.25, 0.3) is 12.0 Å². The van der Waals surface area contributed by atoms with Crippen LogP contribution in [0.3, 0.4) is 0 Å². The number of rotatable bonds is 5. The highest BCUT2D eigenvalue weighted by molar-refractivity contribution is 6.29. The number of imide groups is 1. The molecule has 0 radical (unpaired) electrons. The van der Waals surface area contributed by atoms with Crippen molar-refractivity contribution in [1.29, 1.82) is 0 Å². The van der Waals surface area contributed by atoms with Crippen molar-refractivity contribution in [3.8, 4) is 17.2 Å². The number of benzene rings is 3. The summed E-state index contributed by atoms with van der Waals surface area (Å²) in [5.41, 5.74) is 3.24. The van der Waals surface area contributed by atoms with Crippen LogP contribution in [0.1, 0.15) is 16.7 Å². The number of hydrogen-bond donors (Lipinski definition) is 1. The summed E-state index contributed by atoms with van der Waals surface area (Å²) in [6, 6.07) is 19.0. The van der Waals surface area contributed by atoms with E-state index in [9.17, 15) is 14.4 Å². The van der Waals surface area contributed by atoms with E-state index in [1.165, 1.54) is 4.58 Å². The van der Waals surface area contributed by atoms with E-state index in [4.69, 9.17) is 14.2 Å². The van der Waals surface area contributed by atoms with E-state index >= 15 is 0 Å². The topological polar surface area (TPSA) is 97.2 Å². The molecule has 0 aliphatic carbocycles. The second-order valence-corrected chi connectivity index (χ2v) is 8.72. The normalized spacial score (nSPS) is 17.6. The quantitative estimate of drug-likeness (QED) is 0.560. The zero-order valence-electron chi connectivity index (χ0n) is 19.4. The van der Waals surface area contributed by atoms with Gasteiger partial charge < -0.3 is 19.5 Å². The molecule has 3 heterocycles. The Kier molecular flexibility index (Phi) is 5.18. The van der Waals surface area contributed by atoms with Crippen LogP contribution in [-0.4, -0.2) is 47.6 Å². The highest BCUT2D eigenvalue weighted by Gasteiger charge is 2.54. The number of ether oxygens (including phenoxy) is 3. The smallest absolute Gasteiger partial charge is 0.469 e. The third kappa shape index (κ3) is 3.65. The summed E-state index contributed by atoms with van der Waals surface area (Å²) in [4.78, 5) is 41.2. The number of aryl methyl sites for hydroxylation is 1. The molecule has 0 aromatic heterocycles. The first-order chi connectivity index (χ1) is 17.5. The van der Waals surface area contributed by atoms with Crippen LogP contribution >= 0.6 is 0 Å². The SMILES string of the molecule is Cc1ccc(N2C(=O)C3Oc4ccccc4C3=[N+](CC(=O)NCc3ccc4c(c3)OCO4)C2=O)cc1. The van der Waals surface area contributed by atoms with Crippen LogP contribution in [0.2, 0.25) is 0 Å². The molecule has 6 rings (SSSR count). The Morgan fingerprint density at radius 3 is 2.61 bits per heavy atom. The average molecular weight is 484 g/mol. The Hall–Kier alpha value is -4.66. The number of fused-ring (bicyclic) bond motifs is 4. The molecule has 0 spiro atoms. The van der Waals surface area contributed by atoms with E-state index in [2.05, 4.69) is 5.32 Å². The third-order valence-corrected chi connectivity index (χ3v) is 6.33. The Morgan fingerprint density at radius 2 is 1.78 bits per heavy atom. The van der Waals surface area contributed by atoms with E-state index < -0.39 is 18.0 Å². The molecule has 3 aliphatic heterocycles. The Morgan fingerprint density at radius 1 is 1.00 bits per heavy atom. The summed E-state index contributed by atoms with van der Waals surface area (Å²) in [6.07, 6.45) is -1.02. The van der Waals surface area contributed by atoms with Crippen molar-refractivity contribution < 1.29 is 33.2 Å². The van der Waals surface area contributed by atoms with Crippen molar-refractivity contribution in [3.05, 3.63) is 83.4 Å². The first-order valence-electron chi connectivity index (χ1n) is 11.5. The molecule has 9 heteroatoms. The monoisotopic (exact) mass is 484 g/mol. The zero-order chi connectivity index (χ0) is 24.8. The van der Waals surface area contributed by atoms with Crippen molar-refractivity contribution in [2.75, 3.05) is 18.2 Å². The first kappa shape index (κ1) is 21.8. The highest BCUT2D eigenvalue weighted by atomic mass is 16.7. The van der Waals surface area contributed by atoms with Crippen LogP contribution in [0.4, 0.5) is 10.5 Å². The number of carbonyl (C=O) groups excluding carboxylic acids is 3. The fourth-order valence-electron chi connectivity index (χ4n) is 4.53. The molecule has 1 atom stereocenters. The van der Waals surface area contributed by atoms with Gasteiger partial charge in [-0.25, -0.2) is 4.79 Å². The van der Waals surface area contributed by atoms with Gasteiger partial charge >= 0.3 is 11.9 Å². The minimum absolute atomic E-state index is 0.168. The summed E-state index contributed by atoms with van der Waals surface area (Å²) in [7, 11) is 0. The second-order valence-electron chi connectivity index (χ2n) is 8.72. The van der Waals surface area contributed by atoms with Gasteiger partial charge in [0.05, 0.1) is 5.56 Å². The first-order valence-corrected chi connectivity index (χ1v) is 11.5. The van der Waals surface area contributed by atoms with Gasteiger partial charge in [-0.1, -0.05) is 35.9 Å². The van der Waals surface area contributed by atoms with Crippen LogP contribution in [0.25, 0.3) is 0 Å². The predicted molar refractivity (Wildman–Crippen MR) is 129 cm³/mol. The standard InChI is InChI=1S/C27H21N3O6/c1-16-6-9-18(10-7-16)30-26(32)25-24(19-4-2-3-5-20(19)36-25)29(27(30)33)14-23(31)28-13-17-8-11-21-22(12-17)35-15-34-21/h2-12,25H,13-15H2,1H3/p+1. The number of para-hydroxylation sites is 1. The molecule has 3 aromatic rings. The molecule has 1 unspecified atom stereocenters. The molecular formula is C27H22N3O6+. The molecule has 9 nitrogen and oxygen atoms in total. The minimum Gasteiger partial charge on any atom is -0.469 e. The lowest BCUT2D eigenvalue weighted by Crippen LogP contribution is -2.59. The third-order valence-electron chi connectivity index (χ3n) is 6.33. The number of urea groups is 1. The summed E-state index contributed by atoms with van der Waals surface area (Å²) in [5, 5.41) is 2.85. The predicted octanol–water partition coefficient (Wildman–Crippen LogP) is 2.77. The fourth-order valence-corrected chi connectivity index (χ4v) is 4.53. The van der Waals surface area contributed by atoms with Crippen LogP contribution in [0, 0.1) is 6.92 Å². The van der Waals surface area contributed by atoms with Gasteiger partial charge in [0, 0.05) is 6.54 Å². The molecule has 0 fully saturated rings. The summed E-state index contributed by atoms with van der Waals surface area (Å²) in [5.74, 6) is 0.905. The van der Waals surface area contributed by atoms with Crippen molar-refractivity contribution in [2.45, 2.75) is 19.6 Å². The average Bonchev–Trinajstić information content (AvgIpc) is 3.51. The minimum atomic E-state index is -1.02.